The number of alkyl halides is 3. The molecular weight excluding hydrogens is 529 g/mol. The van der Waals surface area contributed by atoms with E-state index in [0.29, 0.717) is 54.8 Å². The van der Waals surface area contributed by atoms with E-state index in [1.807, 2.05) is 18.7 Å². The van der Waals surface area contributed by atoms with E-state index in [-0.39, 0.29) is 23.9 Å². The molecule has 0 aliphatic carbocycles. The summed E-state index contributed by atoms with van der Waals surface area (Å²) >= 11 is 0. The smallest absolute Gasteiger partial charge is 0.416 e. The van der Waals surface area contributed by atoms with Crippen LogP contribution in [0.3, 0.4) is 0 Å². The number of amides is 1. The molecule has 2 aromatic rings. The summed E-state index contributed by atoms with van der Waals surface area (Å²) in [4.78, 5) is 28.5. The number of benzene rings is 1. The van der Waals surface area contributed by atoms with Crippen molar-refractivity contribution >= 4 is 23.4 Å². The Morgan fingerprint density at radius 1 is 1.25 bits per heavy atom. The number of nitrogens with one attached hydrogen (secondary N) is 2. The number of rotatable bonds is 6. The Bertz CT molecular complexity index is 1420. The van der Waals surface area contributed by atoms with E-state index in [1.54, 1.807) is 24.4 Å². The van der Waals surface area contributed by atoms with E-state index in [9.17, 15) is 18.0 Å². The summed E-state index contributed by atoms with van der Waals surface area (Å²) in [6.07, 6.45) is -1.10. The Morgan fingerprint density at radius 3 is 2.88 bits per heavy atom. The van der Waals surface area contributed by atoms with E-state index in [2.05, 4.69) is 20.6 Å². The third-order valence-corrected chi connectivity index (χ3v) is 6.95. The van der Waals surface area contributed by atoms with E-state index in [0.717, 1.165) is 12.1 Å². The number of nitrogens with zero attached hydrogens (tertiary/aromatic N) is 4. The maximum atomic E-state index is 13.3. The van der Waals surface area contributed by atoms with Crippen LogP contribution in [-0.4, -0.2) is 71.2 Å². The van der Waals surface area contributed by atoms with Gasteiger partial charge in [-0.3, -0.25) is 9.79 Å². The van der Waals surface area contributed by atoms with Crippen LogP contribution in [0.1, 0.15) is 31.4 Å². The highest BCUT2D eigenvalue weighted by atomic mass is 19.4. The molecule has 1 unspecified atom stereocenters. The first-order valence-electron chi connectivity index (χ1n) is 12.8. The first kappa shape index (κ1) is 26.3. The van der Waals surface area contributed by atoms with E-state index in [1.165, 1.54) is 12.3 Å². The van der Waals surface area contributed by atoms with Gasteiger partial charge in [-0.15, -0.1) is 0 Å². The molecule has 2 fully saturated rings. The summed E-state index contributed by atoms with van der Waals surface area (Å²) in [7, 11) is 0. The highest BCUT2D eigenvalue weighted by Gasteiger charge is 2.43. The average Bonchev–Trinajstić information content (AvgIpc) is 3.45. The van der Waals surface area contributed by atoms with Crippen LogP contribution in [0.5, 0.6) is 5.75 Å². The van der Waals surface area contributed by atoms with Crippen LogP contribution in [0.2, 0.25) is 0 Å². The minimum Gasteiger partial charge on any atom is -0.491 e. The van der Waals surface area contributed by atoms with Crippen LogP contribution in [0.25, 0.3) is 0 Å². The summed E-state index contributed by atoms with van der Waals surface area (Å²) in [5.41, 5.74) is 0.138. The van der Waals surface area contributed by atoms with Crippen LogP contribution in [0.4, 0.5) is 19.0 Å². The van der Waals surface area contributed by atoms with E-state index >= 15 is 0 Å². The van der Waals surface area contributed by atoms with Gasteiger partial charge in [-0.05, 0) is 32.0 Å². The third kappa shape index (κ3) is 5.39. The maximum Gasteiger partial charge on any atom is 0.416 e. The Kier molecular flexibility index (Phi) is 6.50. The molecule has 0 saturated carbocycles. The molecule has 5 heterocycles. The minimum atomic E-state index is -4.46. The number of halogens is 3. The number of aromatic nitrogens is 1. The van der Waals surface area contributed by atoms with Crippen LogP contribution in [0, 0.1) is 0 Å². The lowest BCUT2D eigenvalue weighted by Crippen LogP contribution is -2.47. The Morgan fingerprint density at radius 2 is 2.10 bits per heavy atom. The third-order valence-electron chi connectivity index (χ3n) is 6.95. The number of amidine groups is 2. The zero-order valence-corrected chi connectivity index (χ0v) is 21.7. The molecule has 6 rings (SSSR count). The number of carbonyl (C=O) groups excluding carboxylic acids is 1. The lowest BCUT2D eigenvalue weighted by molar-refractivity contribution is -0.141. The van der Waals surface area contributed by atoms with Gasteiger partial charge >= 0.3 is 6.18 Å². The van der Waals surface area contributed by atoms with Gasteiger partial charge in [0.2, 0.25) is 5.91 Å². The van der Waals surface area contributed by atoms with Gasteiger partial charge in [0.05, 0.1) is 30.1 Å². The molecule has 2 saturated heterocycles. The molecule has 1 aromatic heterocycles. The molecule has 2 bridgehead atoms. The van der Waals surface area contributed by atoms with Gasteiger partial charge in [-0.1, -0.05) is 12.1 Å². The first-order valence-corrected chi connectivity index (χ1v) is 12.8. The molecule has 40 heavy (non-hydrogen) atoms. The van der Waals surface area contributed by atoms with Crippen LogP contribution >= 0.6 is 0 Å². The van der Waals surface area contributed by atoms with Gasteiger partial charge in [-0.25, -0.2) is 9.98 Å². The second-order valence-electron chi connectivity index (χ2n) is 10.4. The highest BCUT2D eigenvalue weighted by Crippen LogP contribution is 2.33. The molecule has 210 valence electrons. The molecule has 0 spiro atoms. The number of aliphatic imine (C=N–C) groups is 2. The van der Waals surface area contributed by atoms with Gasteiger partial charge in [-0.2, -0.15) is 13.2 Å². The molecule has 3 atom stereocenters. The minimum absolute atomic E-state index is 0.156. The highest BCUT2D eigenvalue weighted by molar-refractivity contribution is 6.17. The fourth-order valence-electron chi connectivity index (χ4n) is 5.11. The first-order chi connectivity index (χ1) is 19.0. The zero-order chi connectivity index (χ0) is 28.1. The van der Waals surface area contributed by atoms with Crippen LogP contribution in [-0.2, 0) is 20.4 Å². The monoisotopic (exact) mass is 556 g/mol. The van der Waals surface area contributed by atoms with Gasteiger partial charge < -0.3 is 29.7 Å². The number of hydrogen-bond acceptors (Lipinski definition) is 9. The maximum absolute atomic E-state index is 13.3. The zero-order valence-electron chi connectivity index (χ0n) is 21.7. The van der Waals surface area contributed by atoms with Crippen molar-refractivity contribution in [2.45, 2.75) is 50.4 Å². The fourth-order valence-corrected chi connectivity index (χ4v) is 5.11. The molecule has 4 aliphatic heterocycles. The van der Waals surface area contributed by atoms with E-state index in [4.69, 9.17) is 19.2 Å². The normalized spacial score (nSPS) is 24.9. The number of carbonyl (C=O) groups is 1. The molecule has 1 amide bonds. The van der Waals surface area contributed by atoms with Crippen molar-refractivity contribution in [3.8, 4) is 5.75 Å². The molecule has 4 aliphatic rings. The number of hydrogen-bond donors (Lipinski definition) is 2. The molecule has 1 aromatic carbocycles. The van der Waals surface area contributed by atoms with Crippen molar-refractivity contribution in [2.24, 2.45) is 9.98 Å². The molecule has 10 nitrogen and oxygen atoms in total. The molecule has 2 N–H and O–H groups in total. The van der Waals surface area contributed by atoms with Gasteiger partial charge in [0.25, 0.3) is 0 Å². The van der Waals surface area contributed by atoms with Crippen LogP contribution in [0.15, 0.2) is 64.5 Å². The number of anilines is 1. The average molecular weight is 557 g/mol. The summed E-state index contributed by atoms with van der Waals surface area (Å²) in [5, 5.41) is 5.91. The predicted octanol–water partition coefficient (Wildman–Crippen LogP) is 3.32. The van der Waals surface area contributed by atoms with Crippen molar-refractivity contribution in [1.29, 1.82) is 0 Å². The lowest BCUT2D eigenvalue weighted by atomic mass is 10.1. The second-order valence-corrected chi connectivity index (χ2v) is 10.4. The summed E-state index contributed by atoms with van der Waals surface area (Å²) < 4.78 is 56.7. The van der Waals surface area contributed by atoms with Gasteiger partial charge in [0.1, 0.15) is 36.2 Å². The predicted molar refractivity (Wildman–Crippen MR) is 139 cm³/mol. The fraction of sp³-hybridized carbons (Fsp3) is 0.407. The van der Waals surface area contributed by atoms with E-state index < -0.39 is 23.6 Å². The Balaban J connectivity index is 1.13. The van der Waals surface area contributed by atoms with Crippen molar-refractivity contribution in [3.63, 3.8) is 0 Å². The molecule has 0 radical (unpaired) electrons. The Hall–Kier alpha value is -3.97. The van der Waals surface area contributed by atoms with Crippen molar-refractivity contribution in [2.75, 3.05) is 25.1 Å². The summed E-state index contributed by atoms with van der Waals surface area (Å²) in [5.74, 6) is 0.713. The molecule has 13 heteroatoms. The standard InChI is InChI=1S/C27H27F3N6O4/c1-26(2)39-14-19(40-26)13-38-18-6-7-31-22(10-18)34-25(37)20-9-17-12-36(20)21-11-32-23(35-24(21)33-17)15-4-3-5-16(8-15)27(28,29)30/h3-8,10-11,17,19-20H,9,12-14H2,1-2H3,(H,31,34,37)(H,32,33,35)/t17-,19+,20?/m0/s1. The van der Waals surface area contributed by atoms with Gasteiger partial charge in [0.15, 0.2) is 11.6 Å². The number of fused-ring (bicyclic) bond motifs is 4. The molecular formula is C27H27F3N6O4. The van der Waals surface area contributed by atoms with Crippen molar-refractivity contribution < 1.29 is 32.2 Å². The summed E-state index contributed by atoms with van der Waals surface area (Å²) in [6.45, 7) is 4.94. The number of ether oxygens (including phenoxy) is 3. The van der Waals surface area contributed by atoms with Gasteiger partial charge in [0, 0.05) is 30.8 Å². The lowest BCUT2D eigenvalue weighted by Gasteiger charge is -2.32. The van der Waals surface area contributed by atoms with Crippen molar-refractivity contribution in [3.05, 3.63) is 65.6 Å². The topological polar surface area (TPSA) is 110 Å². The SMILES string of the molecule is CC1(C)OC[C@@H](COc2ccnc(NC(=O)C3C[C@H]4CN3C3=CN=C(c5cccc(C(F)(F)F)c5)NC3=N4)c2)O1. The quantitative estimate of drug-likeness (QED) is 0.562. The Labute approximate surface area is 227 Å². The van der Waals surface area contributed by atoms with Crippen molar-refractivity contribution in [1.82, 2.24) is 15.2 Å². The number of pyridine rings is 1. The largest absolute Gasteiger partial charge is 0.491 e. The second kappa shape index (κ2) is 9.89. The van der Waals surface area contributed by atoms with Crippen LogP contribution < -0.4 is 15.4 Å². The summed E-state index contributed by atoms with van der Waals surface area (Å²) in [6, 6.07) is 7.60.